The predicted molar refractivity (Wildman–Crippen MR) is 48.2 cm³/mol. The maximum absolute atomic E-state index is 9.33. The zero-order valence-corrected chi connectivity index (χ0v) is 6.33. The Hall–Kier alpha value is -2.06. The molecule has 0 aliphatic heterocycles. The van der Waals surface area contributed by atoms with Gasteiger partial charge in [-0.2, -0.15) is 0 Å². The van der Waals surface area contributed by atoms with Crippen LogP contribution in [0.2, 0.25) is 0 Å². The third-order valence-corrected chi connectivity index (χ3v) is 1.34. The largest absolute Gasteiger partial charge is 0.505 e. The highest BCUT2D eigenvalue weighted by Gasteiger charge is 1.99. The summed E-state index contributed by atoms with van der Waals surface area (Å²) in [5.74, 6) is 7.12. The van der Waals surface area contributed by atoms with E-state index in [4.69, 9.17) is 12.2 Å². The Balaban J connectivity index is 3.19. The molecule has 12 heavy (non-hydrogen) atoms. The van der Waals surface area contributed by atoms with Crippen molar-refractivity contribution in [3.8, 4) is 29.9 Å². The third kappa shape index (κ3) is 1.51. The summed E-state index contributed by atoms with van der Waals surface area (Å²) >= 11 is 0. The number of para-hydroxylation sites is 1. The first-order chi connectivity index (χ1) is 5.75. The van der Waals surface area contributed by atoms with Crippen molar-refractivity contribution in [3.63, 3.8) is 0 Å². The van der Waals surface area contributed by atoms with Crippen molar-refractivity contribution in [2.24, 2.45) is 0 Å². The average molecular weight is 157 g/mol. The molecule has 0 unspecified atom stereocenters. The zero-order valence-electron chi connectivity index (χ0n) is 6.33. The lowest BCUT2D eigenvalue weighted by Crippen LogP contribution is -1.86. The first-order valence-electron chi connectivity index (χ1n) is 3.29. The normalized spacial score (nSPS) is 7.92. The minimum Gasteiger partial charge on any atom is -0.505 e. The van der Waals surface area contributed by atoms with Gasteiger partial charge in [-0.25, -0.2) is 0 Å². The highest BCUT2D eigenvalue weighted by molar-refractivity contribution is 5.61. The van der Waals surface area contributed by atoms with E-state index in [1.54, 1.807) is 18.2 Å². The Kier molecular flexibility index (Phi) is 2.26. The van der Waals surface area contributed by atoms with Crippen LogP contribution in [-0.4, -0.2) is 5.11 Å². The molecule has 0 radical (unpaired) electrons. The van der Waals surface area contributed by atoms with E-state index in [1.807, 2.05) is 0 Å². The van der Waals surface area contributed by atoms with Crippen LogP contribution in [0.15, 0.2) is 18.2 Å². The van der Waals surface area contributed by atoms with Gasteiger partial charge in [0, 0.05) is 0 Å². The van der Waals surface area contributed by atoms with Crippen LogP contribution in [0.5, 0.6) is 5.75 Å². The third-order valence-electron chi connectivity index (χ3n) is 1.34. The maximum Gasteiger partial charge on any atom is 0.154 e. The van der Waals surface area contributed by atoms with Crippen molar-refractivity contribution < 1.29 is 5.11 Å². The number of anilines is 1. The number of nitrogen functional groups attached to an aromatic ring is 1. The van der Waals surface area contributed by atoms with Gasteiger partial charge in [0.2, 0.25) is 0 Å². The van der Waals surface area contributed by atoms with Crippen LogP contribution in [-0.2, 0) is 0 Å². The quantitative estimate of drug-likeness (QED) is 0.334. The fourth-order valence-electron chi connectivity index (χ4n) is 0.766. The average Bonchev–Trinajstić information content (AvgIpc) is 2.08. The van der Waals surface area contributed by atoms with Crippen LogP contribution in [0, 0.1) is 24.2 Å². The molecule has 0 amide bonds. The van der Waals surface area contributed by atoms with Gasteiger partial charge in [-0.05, 0) is 29.9 Å². The second-order valence-corrected chi connectivity index (χ2v) is 2.14. The van der Waals surface area contributed by atoms with Crippen molar-refractivity contribution in [1.29, 1.82) is 0 Å². The van der Waals surface area contributed by atoms with Crippen LogP contribution in [0.4, 0.5) is 5.69 Å². The Morgan fingerprint density at radius 1 is 1.42 bits per heavy atom. The molecule has 2 heteroatoms. The number of benzene rings is 1. The highest BCUT2D eigenvalue weighted by atomic mass is 16.3. The molecule has 0 aliphatic carbocycles. The van der Waals surface area contributed by atoms with Crippen LogP contribution in [0.3, 0.4) is 0 Å². The van der Waals surface area contributed by atoms with Gasteiger partial charge < -0.3 is 10.8 Å². The monoisotopic (exact) mass is 157 g/mol. The van der Waals surface area contributed by atoms with Gasteiger partial charge >= 0.3 is 0 Å². The fraction of sp³-hybridized carbons (Fsp3) is 0. The van der Waals surface area contributed by atoms with Gasteiger partial charge in [-0.1, -0.05) is 6.07 Å². The molecule has 0 spiro atoms. The maximum atomic E-state index is 9.33. The summed E-state index contributed by atoms with van der Waals surface area (Å²) in [6.07, 6.45) is 4.93. The lowest BCUT2D eigenvalue weighted by atomic mass is 10.2. The molecule has 1 aromatic rings. The van der Waals surface area contributed by atoms with Crippen LogP contribution in [0.25, 0.3) is 0 Å². The fourth-order valence-corrected chi connectivity index (χ4v) is 0.766. The van der Waals surface area contributed by atoms with Crippen LogP contribution in [0.1, 0.15) is 5.56 Å². The number of phenols is 1. The van der Waals surface area contributed by atoms with Crippen molar-refractivity contribution in [2.45, 2.75) is 0 Å². The smallest absolute Gasteiger partial charge is 0.154 e. The summed E-state index contributed by atoms with van der Waals surface area (Å²) in [6.45, 7) is 0. The standard InChI is InChI=1S/C10H7NO/c1-2-3-5-8-6-4-7-9(11)10(8)12/h1,4,6-7,12H,11H2. The van der Waals surface area contributed by atoms with E-state index in [0.29, 0.717) is 11.3 Å². The topological polar surface area (TPSA) is 46.2 Å². The van der Waals surface area contributed by atoms with E-state index in [0.717, 1.165) is 0 Å². The Bertz CT molecular complexity index is 391. The van der Waals surface area contributed by atoms with E-state index in [2.05, 4.69) is 17.8 Å². The van der Waals surface area contributed by atoms with E-state index in [-0.39, 0.29) is 5.75 Å². The molecule has 1 aromatic carbocycles. The van der Waals surface area contributed by atoms with Gasteiger partial charge in [-0.3, -0.25) is 0 Å². The highest BCUT2D eigenvalue weighted by Crippen LogP contribution is 2.22. The summed E-state index contributed by atoms with van der Waals surface area (Å²) in [5.41, 5.74) is 6.18. The molecule has 0 bridgehead atoms. The summed E-state index contributed by atoms with van der Waals surface area (Å²) in [6, 6.07) is 4.95. The van der Waals surface area contributed by atoms with Gasteiger partial charge in [0.1, 0.15) is 0 Å². The molecular formula is C10H7NO. The van der Waals surface area contributed by atoms with E-state index in [9.17, 15) is 5.11 Å². The molecule has 0 fully saturated rings. The van der Waals surface area contributed by atoms with Gasteiger partial charge in [-0.15, -0.1) is 6.42 Å². The molecule has 3 N–H and O–H groups in total. The van der Waals surface area contributed by atoms with Crippen molar-refractivity contribution in [2.75, 3.05) is 5.73 Å². The lowest BCUT2D eigenvalue weighted by molar-refractivity contribution is 0.476. The molecular weight excluding hydrogens is 150 g/mol. The van der Waals surface area contributed by atoms with Crippen molar-refractivity contribution in [3.05, 3.63) is 23.8 Å². The first-order valence-corrected chi connectivity index (χ1v) is 3.29. The molecule has 0 atom stereocenters. The zero-order chi connectivity index (χ0) is 8.97. The van der Waals surface area contributed by atoms with Gasteiger partial charge in [0.25, 0.3) is 0 Å². The molecule has 0 saturated heterocycles. The second kappa shape index (κ2) is 3.37. The number of terminal acetylenes is 1. The van der Waals surface area contributed by atoms with Crippen LogP contribution >= 0.6 is 0 Å². The summed E-state index contributed by atoms with van der Waals surface area (Å²) in [5, 5.41) is 9.33. The number of hydrogen-bond donors (Lipinski definition) is 2. The Morgan fingerprint density at radius 2 is 2.17 bits per heavy atom. The number of nitrogens with two attached hydrogens (primary N) is 1. The number of hydrogen-bond acceptors (Lipinski definition) is 2. The molecule has 58 valence electrons. The number of rotatable bonds is 0. The Labute approximate surface area is 71.0 Å². The summed E-state index contributed by atoms with van der Waals surface area (Å²) in [7, 11) is 0. The van der Waals surface area contributed by atoms with E-state index < -0.39 is 0 Å². The van der Waals surface area contributed by atoms with E-state index in [1.165, 1.54) is 0 Å². The minimum atomic E-state index is -0.0137. The van der Waals surface area contributed by atoms with Crippen LogP contribution < -0.4 is 5.73 Å². The first kappa shape index (κ1) is 8.04. The predicted octanol–water partition coefficient (Wildman–Crippen LogP) is 0.959. The molecule has 0 aromatic heterocycles. The second-order valence-electron chi connectivity index (χ2n) is 2.14. The summed E-state index contributed by atoms with van der Waals surface area (Å²) < 4.78 is 0. The molecule has 0 heterocycles. The summed E-state index contributed by atoms with van der Waals surface area (Å²) in [4.78, 5) is 0. The van der Waals surface area contributed by atoms with Crippen molar-refractivity contribution in [1.82, 2.24) is 0 Å². The minimum absolute atomic E-state index is 0.0137. The molecule has 0 aliphatic rings. The van der Waals surface area contributed by atoms with Crippen molar-refractivity contribution >= 4 is 5.69 Å². The molecule has 2 nitrogen and oxygen atoms in total. The number of phenolic OH excluding ortho intramolecular Hbond substituents is 1. The number of aromatic hydroxyl groups is 1. The van der Waals surface area contributed by atoms with Gasteiger partial charge in [0.15, 0.2) is 5.75 Å². The lowest BCUT2D eigenvalue weighted by Gasteiger charge is -1.98. The molecule has 1 rings (SSSR count). The van der Waals surface area contributed by atoms with Gasteiger partial charge in [0.05, 0.1) is 11.3 Å². The van der Waals surface area contributed by atoms with E-state index >= 15 is 0 Å². The Morgan fingerprint density at radius 3 is 2.83 bits per heavy atom. The SMILES string of the molecule is C#CC#Cc1cccc(N)c1O. The molecule has 0 saturated carbocycles.